The summed E-state index contributed by atoms with van der Waals surface area (Å²) in [6.45, 7) is 0. The maximum atomic E-state index is 6.83. The van der Waals surface area contributed by atoms with Crippen molar-refractivity contribution in [2.45, 2.75) is 5.41 Å². The zero-order valence-electron chi connectivity index (χ0n) is 25.1. The number of fused-ring (bicyclic) bond motifs is 10. The Morgan fingerprint density at radius 1 is 0.426 bits per heavy atom. The molecule has 10 rings (SSSR count). The number of hydrogen-bond acceptors (Lipinski definition) is 5. The van der Waals surface area contributed by atoms with E-state index >= 15 is 0 Å². The molecule has 47 heavy (non-hydrogen) atoms. The van der Waals surface area contributed by atoms with Crippen LogP contribution in [-0.4, -0.2) is 4.98 Å². The lowest BCUT2D eigenvalue weighted by atomic mass is 9.62. The highest BCUT2D eigenvalue weighted by atomic mass is 16.5. The molecule has 6 aromatic carbocycles. The predicted octanol–water partition coefficient (Wildman–Crippen LogP) is 10.9. The molecule has 1 unspecified atom stereocenters. The van der Waals surface area contributed by atoms with Gasteiger partial charge in [-0.1, -0.05) is 84.9 Å². The zero-order valence-corrected chi connectivity index (χ0v) is 25.1. The van der Waals surface area contributed by atoms with Crippen LogP contribution in [0.5, 0.6) is 34.5 Å². The van der Waals surface area contributed by atoms with E-state index in [2.05, 4.69) is 94.8 Å². The number of aromatic nitrogens is 1. The van der Waals surface area contributed by atoms with E-state index in [1.807, 2.05) is 72.9 Å². The van der Waals surface area contributed by atoms with Crippen LogP contribution in [0, 0.1) is 0 Å². The van der Waals surface area contributed by atoms with Gasteiger partial charge >= 0.3 is 0 Å². The first kappa shape index (κ1) is 25.9. The summed E-state index contributed by atoms with van der Waals surface area (Å²) in [4.78, 5) is 6.86. The third kappa shape index (κ3) is 3.68. The molecule has 5 nitrogen and oxygen atoms in total. The van der Waals surface area contributed by atoms with Crippen LogP contribution in [0.1, 0.15) is 22.3 Å². The van der Waals surface area contributed by atoms with Crippen molar-refractivity contribution < 1.29 is 14.2 Å². The highest BCUT2D eigenvalue weighted by Crippen LogP contribution is 2.62. The van der Waals surface area contributed by atoms with Crippen molar-refractivity contribution in [2.24, 2.45) is 0 Å². The van der Waals surface area contributed by atoms with Crippen molar-refractivity contribution in [3.8, 4) is 45.8 Å². The van der Waals surface area contributed by atoms with Crippen LogP contribution in [0.3, 0.4) is 0 Å². The van der Waals surface area contributed by atoms with Crippen LogP contribution in [0.2, 0.25) is 0 Å². The van der Waals surface area contributed by atoms with Gasteiger partial charge < -0.3 is 19.1 Å². The standard InChI is InChI=1S/C42H26N2O3/c1-5-16-36-29(11-1)42(31-22-20-27(25-40(31)45-36)33-13-9-10-24-43-33)30-12-2-6-17-37(30)46-41-26-28(21-23-32(41)42)44-34-14-3-7-18-38(34)47-39-19-8-4-15-35(39)44/h1-26H. The van der Waals surface area contributed by atoms with Crippen LogP contribution in [0.4, 0.5) is 17.1 Å². The van der Waals surface area contributed by atoms with Crippen LogP contribution >= 0.6 is 0 Å². The fourth-order valence-corrected chi connectivity index (χ4v) is 7.47. The molecule has 7 aromatic rings. The van der Waals surface area contributed by atoms with Crippen molar-refractivity contribution in [3.05, 3.63) is 180 Å². The second-order valence-electron chi connectivity index (χ2n) is 11.9. The Bertz CT molecular complexity index is 2310. The first-order valence-electron chi connectivity index (χ1n) is 15.7. The van der Waals surface area contributed by atoms with Gasteiger partial charge in [0, 0.05) is 40.1 Å². The molecule has 222 valence electrons. The van der Waals surface area contributed by atoms with Crippen molar-refractivity contribution in [1.82, 2.24) is 4.98 Å². The molecule has 0 radical (unpaired) electrons. The first-order valence-corrected chi connectivity index (χ1v) is 15.7. The molecular formula is C42H26N2O3. The number of para-hydroxylation sites is 6. The number of ether oxygens (including phenoxy) is 3. The van der Waals surface area contributed by atoms with Gasteiger partial charge in [-0.05, 0) is 60.7 Å². The fourth-order valence-electron chi connectivity index (χ4n) is 7.47. The molecule has 3 aliphatic rings. The molecule has 5 heteroatoms. The second-order valence-corrected chi connectivity index (χ2v) is 11.9. The number of pyridine rings is 1. The maximum absolute atomic E-state index is 6.83. The number of nitrogens with zero attached hydrogens (tertiary/aromatic N) is 2. The minimum atomic E-state index is -0.684. The normalized spacial score (nSPS) is 16.2. The monoisotopic (exact) mass is 606 g/mol. The van der Waals surface area contributed by atoms with Gasteiger partial charge in [-0.2, -0.15) is 0 Å². The molecule has 0 bridgehead atoms. The Morgan fingerprint density at radius 2 is 0.936 bits per heavy atom. The van der Waals surface area contributed by atoms with E-state index < -0.39 is 5.41 Å². The van der Waals surface area contributed by atoms with E-state index in [1.54, 1.807) is 0 Å². The summed E-state index contributed by atoms with van der Waals surface area (Å²) in [5.74, 6) is 4.84. The third-order valence-corrected chi connectivity index (χ3v) is 9.43. The van der Waals surface area contributed by atoms with Crippen molar-refractivity contribution >= 4 is 17.1 Å². The maximum Gasteiger partial charge on any atom is 0.151 e. The van der Waals surface area contributed by atoms with Gasteiger partial charge in [0.05, 0.1) is 28.2 Å². The average molecular weight is 607 g/mol. The lowest BCUT2D eigenvalue weighted by Crippen LogP contribution is -2.36. The molecule has 0 amide bonds. The van der Waals surface area contributed by atoms with Gasteiger partial charge in [0.25, 0.3) is 0 Å². The third-order valence-electron chi connectivity index (χ3n) is 9.43. The SMILES string of the molecule is c1ccc(-c2ccc3c(c2)Oc2ccccc2C32c3ccccc3Oc3cc(N4c5ccccc5Oc5ccccc54)ccc32)nc1. The summed E-state index contributed by atoms with van der Waals surface area (Å²) in [5, 5.41) is 0. The van der Waals surface area contributed by atoms with Crippen molar-refractivity contribution in [2.75, 3.05) is 4.90 Å². The molecule has 0 aliphatic carbocycles. The summed E-state index contributed by atoms with van der Waals surface area (Å²) in [5.41, 5.74) is 8.40. The van der Waals surface area contributed by atoms with Crippen molar-refractivity contribution in [3.63, 3.8) is 0 Å². The Balaban J connectivity index is 1.23. The molecule has 0 N–H and O–H groups in total. The van der Waals surface area contributed by atoms with Gasteiger partial charge in [-0.15, -0.1) is 0 Å². The molecular weight excluding hydrogens is 580 g/mol. The molecule has 0 fully saturated rings. The molecule has 3 aliphatic heterocycles. The van der Waals surface area contributed by atoms with Gasteiger partial charge in [0.15, 0.2) is 11.5 Å². The quantitative estimate of drug-likeness (QED) is 0.196. The zero-order chi connectivity index (χ0) is 31.0. The summed E-state index contributed by atoms with van der Waals surface area (Å²) in [6, 6.07) is 52.0. The van der Waals surface area contributed by atoms with Crippen LogP contribution in [-0.2, 0) is 5.41 Å². The van der Waals surface area contributed by atoms with Gasteiger partial charge in [0.2, 0.25) is 0 Å². The van der Waals surface area contributed by atoms with E-state index in [9.17, 15) is 0 Å². The molecule has 4 heterocycles. The molecule has 1 atom stereocenters. The van der Waals surface area contributed by atoms with Gasteiger partial charge in [0.1, 0.15) is 23.0 Å². The van der Waals surface area contributed by atoms with E-state index in [0.29, 0.717) is 0 Å². The molecule has 1 spiro atoms. The average Bonchev–Trinajstić information content (AvgIpc) is 3.13. The van der Waals surface area contributed by atoms with Crippen LogP contribution in [0.25, 0.3) is 11.3 Å². The second kappa shape index (κ2) is 9.83. The van der Waals surface area contributed by atoms with Gasteiger partial charge in [-0.25, -0.2) is 0 Å². The van der Waals surface area contributed by atoms with Crippen LogP contribution in [0.15, 0.2) is 158 Å². The van der Waals surface area contributed by atoms with Crippen LogP contribution < -0.4 is 19.1 Å². The topological polar surface area (TPSA) is 43.8 Å². The lowest BCUT2D eigenvalue weighted by Gasteiger charge is -2.45. The summed E-state index contributed by atoms with van der Waals surface area (Å²) in [7, 11) is 0. The smallest absolute Gasteiger partial charge is 0.151 e. The Labute approximate surface area is 271 Å². The lowest BCUT2D eigenvalue weighted by molar-refractivity contribution is 0.399. The minimum Gasteiger partial charge on any atom is -0.457 e. The first-order chi connectivity index (χ1) is 23.3. The van der Waals surface area contributed by atoms with Gasteiger partial charge in [-0.3, -0.25) is 4.98 Å². The largest absolute Gasteiger partial charge is 0.457 e. The molecule has 0 saturated heterocycles. The minimum absolute atomic E-state index is 0.684. The highest BCUT2D eigenvalue weighted by Gasteiger charge is 2.50. The number of benzene rings is 6. The Hall–Kier alpha value is -6.33. The summed E-state index contributed by atoms with van der Waals surface area (Å²) >= 11 is 0. The van der Waals surface area contributed by atoms with E-state index in [4.69, 9.17) is 14.2 Å². The number of hydrogen-bond donors (Lipinski definition) is 0. The van der Waals surface area contributed by atoms with Crippen molar-refractivity contribution in [1.29, 1.82) is 0 Å². The fraction of sp³-hybridized carbons (Fsp3) is 0.0238. The number of anilines is 3. The molecule has 0 saturated carbocycles. The van der Waals surface area contributed by atoms with E-state index in [-0.39, 0.29) is 0 Å². The highest BCUT2D eigenvalue weighted by molar-refractivity contribution is 5.87. The predicted molar refractivity (Wildman–Crippen MR) is 183 cm³/mol. The van der Waals surface area contributed by atoms with E-state index in [0.717, 1.165) is 85.1 Å². The number of rotatable bonds is 2. The Morgan fingerprint density at radius 3 is 1.57 bits per heavy atom. The Kier molecular flexibility index (Phi) is 5.43. The van der Waals surface area contributed by atoms with E-state index in [1.165, 1.54) is 0 Å². The molecule has 1 aromatic heterocycles. The summed E-state index contributed by atoms with van der Waals surface area (Å²) in [6.07, 6.45) is 1.82. The summed E-state index contributed by atoms with van der Waals surface area (Å²) < 4.78 is 19.8.